The first-order chi connectivity index (χ1) is 15.7. The third-order valence-electron chi connectivity index (χ3n) is 5.95. The lowest BCUT2D eigenvalue weighted by molar-refractivity contribution is -0.131. The molecule has 8 nitrogen and oxygen atoms in total. The summed E-state index contributed by atoms with van der Waals surface area (Å²) < 4.78 is 38.1. The van der Waals surface area contributed by atoms with Crippen LogP contribution in [-0.4, -0.2) is 62.8 Å². The van der Waals surface area contributed by atoms with Gasteiger partial charge in [-0.1, -0.05) is 42.5 Å². The van der Waals surface area contributed by atoms with Gasteiger partial charge in [-0.25, -0.2) is 13.2 Å². The van der Waals surface area contributed by atoms with Gasteiger partial charge in [-0.3, -0.25) is 4.79 Å². The first-order valence-electron chi connectivity index (χ1n) is 10.7. The van der Waals surface area contributed by atoms with E-state index in [1.54, 1.807) is 4.90 Å². The van der Waals surface area contributed by atoms with Gasteiger partial charge in [0.1, 0.15) is 22.0 Å². The van der Waals surface area contributed by atoms with Crippen LogP contribution in [0.25, 0.3) is 10.8 Å². The van der Waals surface area contributed by atoms with Crippen LogP contribution in [0.3, 0.4) is 0 Å². The summed E-state index contributed by atoms with van der Waals surface area (Å²) in [6.45, 7) is 3.85. The number of amides is 1. The van der Waals surface area contributed by atoms with E-state index in [0.29, 0.717) is 0 Å². The average Bonchev–Trinajstić information content (AvgIpc) is 3.12. The molecule has 0 atom stereocenters. The average molecular weight is 471 g/mol. The molecule has 9 heteroatoms. The Morgan fingerprint density at radius 2 is 1.64 bits per heavy atom. The number of sulfonamides is 1. The van der Waals surface area contributed by atoms with Crippen molar-refractivity contribution in [2.24, 2.45) is 0 Å². The molecule has 33 heavy (non-hydrogen) atoms. The third kappa shape index (κ3) is 4.38. The van der Waals surface area contributed by atoms with Crippen molar-refractivity contribution in [3.05, 3.63) is 65.1 Å². The fraction of sp³-hybridized carbons (Fsp3) is 0.333. The summed E-state index contributed by atoms with van der Waals surface area (Å²) in [6.07, 6.45) is 0.254. The zero-order chi connectivity index (χ0) is 23.8. The lowest BCUT2D eigenvalue weighted by Gasteiger charge is -2.34. The number of methoxy groups -OCH3 is 1. The molecule has 3 aromatic rings. The molecule has 2 heterocycles. The van der Waals surface area contributed by atoms with Gasteiger partial charge in [-0.2, -0.15) is 4.31 Å². The van der Waals surface area contributed by atoms with Gasteiger partial charge in [0, 0.05) is 26.2 Å². The minimum Gasteiger partial charge on any atom is -0.465 e. The normalized spacial score (nSPS) is 15.1. The van der Waals surface area contributed by atoms with E-state index in [1.165, 1.54) is 25.3 Å². The van der Waals surface area contributed by atoms with E-state index in [-0.39, 0.29) is 60.5 Å². The Hall–Kier alpha value is -3.17. The number of carbonyl (C=O) groups is 2. The van der Waals surface area contributed by atoms with Gasteiger partial charge in [-0.15, -0.1) is 0 Å². The Morgan fingerprint density at radius 1 is 0.970 bits per heavy atom. The van der Waals surface area contributed by atoms with Crippen molar-refractivity contribution in [2.75, 3.05) is 33.3 Å². The first kappa shape index (κ1) is 23.0. The van der Waals surface area contributed by atoms with Crippen molar-refractivity contribution in [3.8, 4) is 0 Å². The minimum absolute atomic E-state index is 0.0482. The second-order valence-corrected chi connectivity index (χ2v) is 9.93. The number of carbonyl (C=O) groups excluding carboxylic acids is 2. The topological polar surface area (TPSA) is 97.1 Å². The van der Waals surface area contributed by atoms with Crippen molar-refractivity contribution in [1.29, 1.82) is 0 Å². The Labute approximate surface area is 192 Å². The van der Waals surface area contributed by atoms with E-state index in [0.717, 1.165) is 16.3 Å². The molecule has 0 aliphatic carbocycles. The molecular weight excluding hydrogens is 444 g/mol. The van der Waals surface area contributed by atoms with Crippen molar-refractivity contribution in [3.63, 3.8) is 0 Å². The van der Waals surface area contributed by atoms with Gasteiger partial charge in [0.15, 0.2) is 0 Å². The van der Waals surface area contributed by atoms with E-state index in [1.807, 2.05) is 42.5 Å². The molecule has 1 amide bonds. The van der Waals surface area contributed by atoms with Crippen LogP contribution in [0.1, 0.15) is 27.4 Å². The molecule has 0 spiro atoms. The SMILES string of the molecule is COC(=O)c1c(C)oc(C)c1S(=O)(=O)N1CCN(C(=O)Cc2ccc3ccccc3c2)CC1. The van der Waals surface area contributed by atoms with E-state index in [4.69, 9.17) is 9.15 Å². The first-order valence-corrected chi connectivity index (χ1v) is 12.1. The quantitative estimate of drug-likeness (QED) is 0.532. The Balaban J connectivity index is 1.46. The highest BCUT2D eigenvalue weighted by Crippen LogP contribution is 2.30. The standard InChI is InChI=1S/C24H26N2O6S/c1-16-22(24(28)31-3)23(17(2)32-16)33(29,30)26-12-10-25(11-13-26)21(27)15-18-8-9-19-6-4-5-7-20(19)14-18/h4-9,14H,10-13,15H2,1-3H3. The van der Waals surface area contributed by atoms with Crippen LogP contribution in [0.2, 0.25) is 0 Å². The summed E-state index contributed by atoms with van der Waals surface area (Å²) in [6, 6.07) is 13.9. The summed E-state index contributed by atoms with van der Waals surface area (Å²) in [5.41, 5.74) is 0.839. The number of aryl methyl sites for hydroxylation is 2. The van der Waals surface area contributed by atoms with Crippen LogP contribution >= 0.6 is 0 Å². The van der Waals surface area contributed by atoms with Gasteiger partial charge in [-0.05, 0) is 30.2 Å². The molecule has 1 saturated heterocycles. The Morgan fingerprint density at radius 3 is 2.30 bits per heavy atom. The van der Waals surface area contributed by atoms with E-state index in [2.05, 4.69) is 0 Å². The number of esters is 1. The van der Waals surface area contributed by atoms with Crippen LogP contribution in [0, 0.1) is 13.8 Å². The number of nitrogens with zero attached hydrogens (tertiary/aromatic N) is 2. The minimum atomic E-state index is -3.99. The van der Waals surface area contributed by atoms with Gasteiger partial charge in [0.25, 0.3) is 0 Å². The highest BCUT2D eigenvalue weighted by molar-refractivity contribution is 7.89. The largest absolute Gasteiger partial charge is 0.465 e. The fourth-order valence-electron chi connectivity index (χ4n) is 4.25. The molecule has 1 fully saturated rings. The number of furan rings is 1. The third-order valence-corrected chi connectivity index (χ3v) is 8.01. The maximum atomic E-state index is 13.3. The molecule has 0 radical (unpaired) electrons. The monoisotopic (exact) mass is 470 g/mol. The summed E-state index contributed by atoms with van der Waals surface area (Å²) in [5.74, 6) is -0.468. The summed E-state index contributed by atoms with van der Waals surface area (Å²) >= 11 is 0. The van der Waals surface area contributed by atoms with E-state index < -0.39 is 16.0 Å². The van der Waals surface area contributed by atoms with Gasteiger partial charge >= 0.3 is 5.97 Å². The van der Waals surface area contributed by atoms with E-state index >= 15 is 0 Å². The molecule has 0 unspecified atom stereocenters. The number of fused-ring (bicyclic) bond motifs is 1. The molecular formula is C24H26N2O6S. The predicted octanol–water partition coefficient (Wildman–Crippen LogP) is 2.91. The summed E-state index contributed by atoms with van der Waals surface area (Å²) in [4.78, 5) is 26.5. The summed E-state index contributed by atoms with van der Waals surface area (Å²) in [7, 11) is -2.79. The van der Waals surface area contributed by atoms with Gasteiger partial charge in [0.05, 0.1) is 13.5 Å². The zero-order valence-electron chi connectivity index (χ0n) is 18.8. The summed E-state index contributed by atoms with van der Waals surface area (Å²) in [5, 5.41) is 2.19. The smallest absolute Gasteiger partial charge is 0.342 e. The van der Waals surface area contributed by atoms with Crippen LogP contribution in [-0.2, 0) is 26.0 Å². The van der Waals surface area contributed by atoms with Gasteiger partial charge < -0.3 is 14.1 Å². The van der Waals surface area contributed by atoms with Crippen LogP contribution in [0.5, 0.6) is 0 Å². The van der Waals surface area contributed by atoms with E-state index in [9.17, 15) is 18.0 Å². The molecule has 2 aromatic carbocycles. The fourth-order valence-corrected chi connectivity index (χ4v) is 6.05. The van der Waals surface area contributed by atoms with Gasteiger partial charge in [0.2, 0.25) is 15.9 Å². The van der Waals surface area contributed by atoms with Crippen molar-refractivity contribution >= 4 is 32.7 Å². The lowest BCUT2D eigenvalue weighted by atomic mass is 10.0. The highest BCUT2D eigenvalue weighted by Gasteiger charge is 2.37. The number of hydrogen-bond donors (Lipinski definition) is 0. The van der Waals surface area contributed by atoms with Crippen molar-refractivity contribution in [1.82, 2.24) is 9.21 Å². The van der Waals surface area contributed by atoms with Crippen LogP contribution < -0.4 is 0 Å². The molecule has 0 bridgehead atoms. The molecule has 174 valence electrons. The molecule has 4 rings (SSSR count). The number of rotatable bonds is 5. The molecule has 0 N–H and O–H groups in total. The second-order valence-electron chi connectivity index (χ2n) is 8.05. The maximum Gasteiger partial charge on any atom is 0.342 e. The zero-order valence-corrected chi connectivity index (χ0v) is 19.6. The predicted molar refractivity (Wildman–Crippen MR) is 123 cm³/mol. The van der Waals surface area contributed by atoms with Crippen molar-refractivity contribution in [2.45, 2.75) is 25.2 Å². The Kier molecular flexibility index (Phi) is 6.27. The maximum absolute atomic E-state index is 13.3. The Bertz CT molecular complexity index is 1320. The number of benzene rings is 2. The second kappa shape index (κ2) is 8.99. The molecule has 1 aromatic heterocycles. The van der Waals surface area contributed by atoms with Crippen molar-refractivity contribution < 1.29 is 27.2 Å². The lowest BCUT2D eigenvalue weighted by Crippen LogP contribution is -2.51. The molecule has 1 aliphatic heterocycles. The number of ether oxygens (including phenoxy) is 1. The number of hydrogen-bond acceptors (Lipinski definition) is 6. The van der Waals surface area contributed by atoms with Crippen LogP contribution in [0.4, 0.5) is 0 Å². The number of piperazine rings is 1. The molecule has 0 saturated carbocycles. The molecule has 1 aliphatic rings. The highest BCUT2D eigenvalue weighted by atomic mass is 32.2. The van der Waals surface area contributed by atoms with Crippen LogP contribution in [0.15, 0.2) is 51.8 Å².